The molecule has 0 N–H and O–H groups in total. The molecular weight excluding hydrogens is 378 g/mol. The summed E-state index contributed by atoms with van der Waals surface area (Å²) in [6, 6.07) is 0. The van der Waals surface area contributed by atoms with Gasteiger partial charge in [0, 0.05) is 20.3 Å². The maximum Gasteiger partial charge on any atom is 0.331 e. The molecule has 4 aliphatic carbocycles. The molecule has 2 saturated carbocycles. The smallest absolute Gasteiger partial charge is 0.331 e. The molecule has 30 heavy (non-hydrogen) atoms. The van der Waals surface area contributed by atoms with Crippen molar-refractivity contribution < 1.29 is 19.2 Å². The van der Waals surface area contributed by atoms with Crippen LogP contribution in [0.5, 0.6) is 0 Å². The zero-order valence-electron chi connectivity index (χ0n) is 19.0. The van der Waals surface area contributed by atoms with E-state index in [1.165, 1.54) is 31.4 Å². The SMILES string of the molecule is CC(=O)O/N=C(\C)C1=CCC2C3CC=C4CC(OC(C)=O)CC[C@]4(C)C3CC[C@]12C. The summed E-state index contributed by atoms with van der Waals surface area (Å²) < 4.78 is 5.55. The molecule has 5 heteroatoms. The second kappa shape index (κ2) is 7.65. The van der Waals surface area contributed by atoms with Gasteiger partial charge in [0.2, 0.25) is 0 Å². The Morgan fingerprint density at radius 3 is 2.40 bits per heavy atom. The lowest BCUT2D eigenvalue weighted by atomic mass is 9.47. The lowest BCUT2D eigenvalue weighted by Gasteiger charge is -2.57. The van der Waals surface area contributed by atoms with Crippen molar-refractivity contribution in [1.82, 2.24) is 0 Å². The Kier molecular flexibility index (Phi) is 5.44. The molecule has 4 unspecified atom stereocenters. The number of allylic oxidation sites excluding steroid dienone is 3. The molecule has 0 amide bonds. The molecule has 6 atom stereocenters. The van der Waals surface area contributed by atoms with Crippen molar-refractivity contribution in [3.63, 3.8) is 0 Å². The quantitative estimate of drug-likeness (QED) is 0.205. The first-order chi connectivity index (χ1) is 14.1. The zero-order valence-corrected chi connectivity index (χ0v) is 19.0. The molecule has 4 rings (SSSR count). The molecule has 5 nitrogen and oxygen atoms in total. The van der Waals surface area contributed by atoms with Crippen molar-refractivity contribution in [2.75, 3.05) is 0 Å². The van der Waals surface area contributed by atoms with Crippen molar-refractivity contribution in [3.8, 4) is 0 Å². The Labute approximate surface area is 179 Å². The van der Waals surface area contributed by atoms with Crippen LogP contribution in [0.25, 0.3) is 0 Å². The van der Waals surface area contributed by atoms with Crippen LogP contribution in [0.1, 0.15) is 79.6 Å². The van der Waals surface area contributed by atoms with E-state index in [0.717, 1.165) is 44.2 Å². The van der Waals surface area contributed by atoms with E-state index >= 15 is 0 Å². The number of rotatable bonds is 3. The molecule has 0 spiro atoms. The van der Waals surface area contributed by atoms with Gasteiger partial charge in [0.15, 0.2) is 0 Å². The van der Waals surface area contributed by atoms with Gasteiger partial charge in [-0.05, 0) is 79.6 Å². The molecule has 164 valence electrons. The van der Waals surface area contributed by atoms with Crippen LogP contribution in [0.3, 0.4) is 0 Å². The topological polar surface area (TPSA) is 65.0 Å². The highest BCUT2D eigenvalue weighted by atomic mass is 16.7. The third kappa shape index (κ3) is 3.44. The van der Waals surface area contributed by atoms with E-state index in [1.54, 1.807) is 0 Å². The fraction of sp³-hybridized carbons (Fsp3) is 0.720. The van der Waals surface area contributed by atoms with Gasteiger partial charge in [-0.3, -0.25) is 4.79 Å². The number of carbonyl (C=O) groups is 2. The molecule has 2 fully saturated rings. The van der Waals surface area contributed by atoms with Crippen LogP contribution in [-0.2, 0) is 19.2 Å². The summed E-state index contributed by atoms with van der Waals surface area (Å²) in [6.07, 6.45) is 12.4. The second-order valence-corrected chi connectivity index (χ2v) is 10.3. The standard InChI is InChI=1S/C25H35NO4/c1-15(26-30-17(3)28)21-8-9-22-20-7-6-18-14-19(29-16(2)27)10-12-24(18,4)23(20)11-13-25(21,22)5/h6,8,19-20,22-23H,7,9-14H2,1-5H3/b26-15+/t19?,20?,22?,23?,24-,25+/m0/s1. The minimum Gasteiger partial charge on any atom is -0.462 e. The van der Waals surface area contributed by atoms with Gasteiger partial charge < -0.3 is 9.57 Å². The molecule has 0 heterocycles. The van der Waals surface area contributed by atoms with Crippen molar-refractivity contribution in [1.29, 1.82) is 0 Å². The molecular formula is C25H35NO4. The Morgan fingerprint density at radius 2 is 1.70 bits per heavy atom. The Bertz CT molecular complexity index is 840. The van der Waals surface area contributed by atoms with Crippen molar-refractivity contribution in [2.24, 2.45) is 33.7 Å². The van der Waals surface area contributed by atoms with Gasteiger partial charge in [0.05, 0.1) is 5.71 Å². The van der Waals surface area contributed by atoms with E-state index in [0.29, 0.717) is 17.8 Å². The first-order valence-corrected chi connectivity index (χ1v) is 11.4. The summed E-state index contributed by atoms with van der Waals surface area (Å²) in [5, 5.41) is 4.10. The summed E-state index contributed by atoms with van der Waals surface area (Å²) in [6.45, 7) is 9.71. The minimum absolute atomic E-state index is 0.0483. The Morgan fingerprint density at radius 1 is 0.967 bits per heavy atom. The van der Waals surface area contributed by atoms with Crippen LogP contribution < -0.4 is 0 Å². The van der Waals surface area contributed by atoms with Crippen LogP contribution in [0.4, 0.5) is 0 Å². The first kappa shape index (κ1) is 21.3. The summed E-state index contributed by atoms with van der Waals surface area (Å²) in [4.78, 5) is 27.5. The monoisotopic (exact) mass is 413 g/mol. The fourth-order valence-electron chi connectivity index (χ4n) is 7.27. The largest absolute Gasteiger partial charge is 0.462 e. The number of nitrogens with zero attached hydrogens (tertiary/aromatic N) is 1. The molecule has 4 aliphatic rings. The van der Waals surface area contributed by atoms with E-state index < -0.39 is 0 Å². The molecule has 0 aliphatic heterocycles. The Hall–Kier alpha value is -1.91. The molecule has 0 aromatic rings. The third-order valence-corrected chi connectivity index (χ3v) is 8.67. The molecule has 0 aromatic carbocycles. The van der Waals surface area contributed by atoms with Gasteiger partial charge >= 0.3 is 11.9 Å². The summed E-state index contributed by atoms with van der Waals surface area (Å²) in [5.74, 6) is 1.42. The average Bonchev–Trinajstić information content (AvgIpc) is 3.03. The van der Waals surface area contributed by atoms with E-state index in [1.807, 2.05) is 6.92 Å². The number of oxime groups is 1. The van der Waals surface area contributed by atoms with E-state index in [9.17, 15) is 9.59 Å². The highest BCUT2D eigenvalue weighted by molar-refractivity contribution is 5.99. The van der Waals surface area contributed by atoms with E-state index in [2.05, 4.69) is 31.2 Å². The number of hydrogen-bond donors (Lipinski definition) is 0. The van der Waals surface area contributed by atoms with Crippen LogP contribution >= 0.6 is 0 Å². The number of esters is 1. The number of hydrogen-bond acceptors (Lipinski definition) is 5. The number of carbonyl (C=O) groups excluding carboxylic acids is 2. The Balaban J connectivity index is 1.55. The van der Waals surface area contributed by atoms with Gasteiger partial charge in [-0.1, -0.05) is 36.7 Å². The van der Waals surface area contributed by atoms with Gasteiger partial charge in [0.25, 0.3) is 0 Å². The lowest BCUT2D eigenvalue weighted by molar-refractivity contribution is -0.148. The summed E-state index contributed by atoms with van der Waals surface area (Å²) in [5.41, 5.74) is 3.96. The summed E-state index contributed by atoms with van der Waals surface area (Å²) in [7, 11) is 0. The highest BCUT2D eigenvalue weighted by Gasteiger charge is 2.57. The molecule has 0 radical (unpaired) electrons. The number of fused-ring (bicyclic) bond motifs is 5. The second-order valence-electron chi connectivity index (χ2n) is 10.3. The van der Waals surface area contributed by atoms with Crippen LogP contribution in [0.15, 0.2) is 28.5 Å². The fourth-order valence-corrected chi connectivity index (χ4v) is 7.27. The lowest BCUT2D eigenvalue weighted by Crippen LogP contribution is -2.50. The normalized spacial score (nSPS) is 40.4. The predicted molar refractivity (Wildman–Crippen MR) is 116 cm³/mol. The van der Waals surface area contributed by atoms with Crippen LogP contribution in [-0.4, -0.2) is 23.8 Å². The van der Waals surface area contributed by atoms with Crippen LogP contribution in [0.2, 0.25) is 0 Å². The maximum atomic E-state index is 11.4. The van der Waals surface area contributed by atoms with Crippen molar-refractivity contribution in [3.05, 3.63) is 23.3 Å². The van der Waals surface area contributed by atoms with Gasteiger partial charge in [0.1, 0.15) is 6.10 Å². The van der Waals surface area contributed by atoms with Gasteiger partial charge in [-0.15, -0.1) is 0 Å². The minimum atomic E-state index is -0.374. The molecule has 0 aromatic heterocycles. The maximum absolute atomic E-state index is 11.4. The number of ether oxygens (including phenoxy) is 1. The van der Waals surface area contributed by atoms with Gasteiger partial charge in [-0.25, -0.2) is 4.79 Å². The van der Waals surface area contributed by atoms with E-state index in [-0.39, 0.29) is 28.9 Å². The average molecular weight is 414 g/mol. The summed E-state index contributed by atoms with van der Waals surface area (Å²) >= 11 is 0. The van der Waals surface area contributed by atoms with Gasteiger partial charge in [-0.2, -0.15) is 0 Å². The predicted octanol–water partition coefficient (Wildman–Crippen LogP) is 5.36. The third-order valence-electron chi connectivity index (χ3n) is 8.67. The zero-order chi connectivity index (χ0) is 21.7. The molecule has 0 bridgehead atoms. The van der Waals surface area contributed by atoms with Crippen molar-refractivity contribution >= 4 is 17.7 Å². The highest BCUT2D eigenvalue weighted by Crippen LogP contribution is 2.65. The first-order valence-electron chi connectivity index (χ1n) is 11.4. The van der Waals surface area contributed by atoms with Crippen molar-refractivity contribution in [2.45, 2.75) is 85.7 Å². The van der Waals surface area contributed by atoms with Crippen LogP contribution in [0, 0.1) is 28.6 Å². The molecule has 0 saturated heterocycles. The van der Waals surface area contributed by atoms with E-state index in [4.69, 9.17) is 9.57 Å².